The number of rotatable bonds is 1. The van der Waals surface area contributed by atoms with E-state index < -0.39 is 23.8 Å². The standard InChI is InChI=1S/C23H19F3N4O2/c1-12-20-13(2)29-30(21(20)17-5-3-4-6-18(17)27-12)22(31)28-19-11-32-10-14-9-15(23(24,25)26)7-8-16(14)19/h3-9,19H,10-11H2,1-2H3,(H,28,31)/t19-/m1/s1. The molecular weight excluding hydrogens is 421 g/mol. The maximum Gasteiger partial charge on any atom is 0.416 e. The molecule has 1 aliphatic rings. The first-order valence-electron chi connectivity index (χ1n) is 10.1. The first kappa shape index (κ1) is 20.4. The lowest BCUT2D eigenvalue weighted by Crippen LogP contribution is -2.37. The molecular formula is C23H19F3N4O2. The second kappa shape index (κ2) is 7.30. The minimum atomic E-state index is -4.44. The molecule has 4 aromatic rings. The number of aromatic nitrogens is 3. The number of alkyl halides is 3. The zero-order valence-corrected chi connectivity index (χ0v) is 17.3. The number of aryl methyl sites for hydroxylation is 2. The van der Waals surface area contributed by atoms with E-state index in [-0.39, 0.29) is 13.2 Å². The van der Waals surface area contributed by atoms with Crippen molar-refractivity contribution in [3.05, 3.63) is 70.5 Å². The molecule has 2 aromatic carbocycles. The minimum absolute atomic E-state index is 0.0605. The smallest absolute Gasteiger partial charge is 0.374 e. The summed E-state index contributed by atoms with van der Waals surface area (Å²) in [5, 5.41) is 8.91. The Morgan fingerprint density at radius 1 is 1.16 bits per heavy atom. The summed E-state index contributed by atoms with van der Waals surface area (Å²) in [7, 11) is 0. The molecule has 0 saturated heterocycles. The fraction of sp³-hybridized carbons (Fsp3) is 0.261. The van der Waals surface area contributed by atoms with Gasteiger partial charge in [-0.3, -0.25) is 4.98 Å². The molecule has 6 nitrogen and oxygen atoms in total. The van der Waals surface area contributed by atoms with E-state index in [1.807, 2.05) is 38.1 Å². The average Bonchev–Trinajstić information content (AvgIpc) is 3.11. The molecule has 3 heterocycles. The maximum atomic E-state index is 13.3. The number of halogens is 3. The van der Waals surface area contributed by atoms with E-state index in [1.165, 1.54) is 10.7 Å². The number of carbonyl (C=O) groups excluding carboxylic acids is 1. The van der Waals surface area contributed by atoms with Crippen LogP contribution in [0.4, 0.5) is 18.0 Å². The Morgan fingerprint density at radius 2 is 1.94 bits per heavy atom. The summed E-state index contributed by atoms with van der Waals surface area (Å²) in [6.07, 6.45) is -4.44. The van der Waals surface area contributed by atoms with Crippen LogP contribution in [-0.4, -0.2) is 27.4 Å². The van der Waals surface area contributed by atoms with Crippen LogP contribution in [-0.2, 0) is 17.5 Å². The van der Waals surface area contributed by atoms with Gasteiger partial charge >= 0.3 is 12.2 Å². The van der Waals surface area contributed by atoms with Crippen LogP contribution in [0.1, 0.15) is 34.1 Å². The number of para-hydroxylation sites is 1. The molecule has 1 N–H and O–H groups in total. The third-order valence-electron chi connectivity index (χ3n) is 5.75. The lowest BCUT2D eigenvalue weighted by molar-refractivity contribution is -0.137. The van der Waals surface area contributed by atoms with Crippen molar-refractivity contribution in [1.29, 1.82) is 0 Å². The largest absolute Gasteiger partial charge is 0.416 e. The molecule has 1 atom stereocenters. The third-order valence-corrected chi connectivity index (χ3v) is 5.75. The molecule has 0 bridgehead atoms. The summed E-state index contributed by atoms with van der Waals surface area (Å²) in [6.45, 7) is 3.90. The predicted molar refractivity (Wildman–Crippen MR) is 112 cm³/mol. The Hall–Kier alpha value is -3.46. The Bertz CT molecular complexity index is 1380. The van der Waals surface area contributed by atoms with Crippen molar-refractivity contribution >= 4 is 27.8 Å². The van der Waals surface area contributed by atoms with E-state index in [9.17, 15) is 18.0 Å². The van der Waals surface area contributed by atoms with Gasteiger partial charge in [0.25, 0.3) is 0 Å². The highest BCUT2D eigenvalue weighted by atomic mass is 19.4. The second-order valence-corrected chi connectivity index (χ2v) is 7.86. The molecule has 0 saturated carbocycles. The summed E-state index contributed by atoms with van der Waals surface area (Å²) < 4.78 is 46.0. The lowest BCUT2D eigenvalue weighted by Gasteiger charge is -2.27. The zero-order chi connectivity index (χ0) is 22.6. The number of pyridine rings is 1. The first-order valence-corrected chi connectivity index (χ1v) is 10.1. The van der Waals surface area contributed by atoms with E-state index in [0.29, 0.717) is 22.3 Å². The topological polar surface area (TPSA) is 69.0 Å². The van der Waals surface area contributed by atoms with Crippen LogP contribution < -0.4 is 5.32 Å². The van der Waals surface area contributed by atoms with Gasteiger partial charge < -0.3 is 10.1 Å². The quantitative estimate of drug-likeness (QED) is 0.450. The molecule has 0 spiro atoms. The van der Waals surface area contributed by atoms with Crippen molar-refractivity contribution in [1.82, 2.24) is 20.1 Å². The van der Waals surface area contributed by atoms with Gasteiger partial charge in [-0.2, -0.15) is 23.0 Å². The lowest BCUT2D eigenvalue weighted by atomic mass is 9.96. The molecule has 2 aromatic heterocycles. The number of benzene rings is 2. The van der Waals surface area contributed by atoms with E-state index >= 15 is 0 Å². The number of hydrogen-bond acceptors (Lipinski definition) is 4. The van der Waals surface area contributed by atoms with Crippen LogP contribution >= 0.6 is 0 Å². The predicted octanol–water partition coefficient (Wildman–Crippen LogP) is 5.05. The second-order valence-electron chi connectivity index (χ2n) is 7.86. The molecule has 5 rings (SSSR count). The van der Waals surface area contributed by atoms with Crippen LogP contribution in [0.2, 0.25) is 0 Å². The molecule has 32 heavy (non-hydrogen) atoms. The monoisotopic (exact) mass is 440 g/mol. The maximum absolute atomic E-state index is 13.3. The van der Waals surface area contributed by atoms with Crippen LogP contribution in [0, 0.1) is 13.8 Å². The number of hydrogen-bond donors (Lipinski definition) is 1. The van der Waals surface area contributed by atoms with Gasteiger partial charge in [-0.05, 0) is 43.2 Å². The van der Waals surface area contributed by atoms with Gasteiger partial charge in [0.05, 0.1) is 41.5 Å². The summed E-state index contributed by atoms with van der Waals surface area (Å²) in [5.41, 5.74) is 3.10. The summed E-state index contributed by atoms with van der Waals surface area (Å²) in [5.74, 6) is 0. The van der Waals surface area contributed by atoms with Gasteiger partial charge in [0.1, 0.15) is 0 Å². The van der Waals surface area contributed by atoms with Crippen LogP contribution in [0.25, 0.3) is 21.8 Å². The number of ether oxygens (including phenoxy) is 1. The number of nitrogens with one attached hydrogen (secondary N) is 1. The van der Waals surface area contributed by atoms with E-state index in [0.717, 1.165) is 34.1 Å². The first-order chi connectivity index (χ1) is 15.2. The van der Waals surface area contributed by atoms with Crippen molar-refractivity contribution < 1.29 is 22.7 Å². The van der Waals surface area contributed by atoms with E-state index in [2.05, 4.69) is 15.4 Å². The number of carbonyl (C=O) groups is 1. The fourth-order valence-corrected chi connectivity index (χ4v) is 4.32. The Morgan fingerprint density at radius 3 is 2.72 bits per heavy atom. The summed E-state index contributed by atoms with van der Waals surface area (Å²) >= 11 is 0. The van der Waals surface area contributed by atoms with E-state index in [1.54, 1.807) is 0 Å². The van der Waals surface area contributed by atoms with Gasteiger partial charge in [0.15, 0.2) is 0 Å². The van der Waals surface area contributed by atoms with Gasteiger partial charge in [-0.1, -0.05) is 24.3 Å². The molecule has 164 valence electrons. The highest BCUT2D eigenvalue weighted by Crippen LogP contribution is 2.34. The molecule has 9 heteroatoms. The molecule has 1 aliphatic heterocycles. The van der Waals surface area contributed by atoms with Crippen molar-refractivity contribution in [2.75, 3.05) is 6.61 Å². The number of amides is 1. The third kappa shape index (κ3) is 3.29. The molecule has 1 amide bonds. The Kier molecular flexibility index (Phi) is 4.67. The SMILES string of the molecule is Cc1nc2ccccc2c2c1c(C)nn2C(=O)N[C@@H]1COCc2cc(C(F)(F)F)ccc21. The minimum Gasteiger partial charge on any atom is -0.374 e. The van der Waals surface area contributed by atoms with Crippen LogP contribution in [0.5, 0.6) is 0 Å². The molecule has 0 unspecified atom stereocenters. The average molecular weight is 440 g/mol. The number of fused-ring (bicyclic) bond motifs is 4. The van der Waals surface area contributed by atoms with Gasteiger partial charge in [0, 0.05) is 16.5 Å². The van der Waals surface area contributed by atoms with Crippen molar-refractivity contribution in [3.8, 4) is 0 Å². The number of nitrogens with zero attached hydrogens (tertiary/aromatic N) is 3. The highest BCUT2D eigenvalue weighted by molar-refractivity contribution is 6.08. The molecule has 0 fully saturated rings. The van der Waals surface area contributed by atoms with E-state index in [4.69, 9.17) is 4.74 Å². The van der Waals surface area contributed by atoms with Crippen molar-refractivity contribution in [2.24, 2.45) is 0 Å². The van der Waals surface area contributed by atoms with Crippen molar-refractivity contribution in [2.45, 2.75) is 32.7 Å². The summed E-state index contributed by atoms with van der Waals surface area (Å²) in [4.78, 5) is 17.9. The Balaban J connectivity index is 1.55. The Labute approximate surface area is 181 Å². The molecule has 0 radical (unpaired) electrons. The summed E-state index contributed by atoms with van der Waals surface area (Å²) in [6, 6.07) is 9.92. The zero-order valence-electron chi connectivity index (χ0n) is 17.3. The fourth-order valence-electron chi connectivity index (χ4n) is 4.32. The normalized spacial score (nSPS) is 16.3. The van der Waals surface area contributed by atoms with Crippen LogP contribution in [0.15, 0.2) is 42.5 Å². The van der Waals surface area contributed by atoms with Gasteiger partial charge in [0.2, 0.25) is 0 Å². The molecule has 0 aliphatic carbocycles. The van der Waals surface area contributed by atoms with Crippen molar-refractivity contribution in [3.63, 3.8) is 0 Å². The highest BCUT2D eigenvalue weighted by Gasteiger charge is 2.33. The van der Waals surface area contributed by atoms with Gasteiger partial charge in [-0.15, -0.1) is 0 Å². The van der Waals surface area contributed by atoms with Crippen LogP contribution in [0.3, 0.4) is 0 Å². The van der Waals surface area contributed by atoms with Gasteiger partial charge in [-0.25, -0.2) is 4.79 Å².